The molecule has 0 unspecified atom stereocenters. The van der Waals surface area contributed by atoms with Gasteiger partial charge in [0.05, 0.1) is 37.6 Å². The van der Waals surface area contributed by atoms with Crippen LogP contribution in [0.2, 0.25) is 0 Å². The van der Waals surface area contributed by atoms with Crippen molar-refractivity contribution in [1.29, 1.82) is 0 Å². The van der Waals surface area contributed by atoms with E-state index in [9.17, 15) is 24.0 Å². The second-order valence-corrected chi connectivity index (χ2v) is 11.8. The summed E-state index contributed by atoms with van der Waals surface area (Å²) in [5.41, 5.74) is 0.808. The molecule has 0 saturated carbocycles. The Kier molecular flexibility index (Phi) is 19.4. The molecule has 0 spiro atoms. The van der Waals surface area contributed by atoms with Crippen LogP contribution in [0.5, 0.6) is 17.2 Å². The van der Waals surface area contributed by atoms with Crippen LogP contribution in [0.4, 0.5) is 0 Å². The Morgan fingerprint density at radius 2 is 0.885 bits per heavy atom. The van der Waals surface area contributed by atoms with Crippen molar-refractivity contribution in [3.05, 3.63) is 103 Å². The highest BCUT2D eigenvalue weighted by Gasteiger charge is 2.11. The first-order chi connectivity index (χ1) is 25.3. The summed E-state index contributed by atoms with van der Waals surface area (Å²) < 4.78 is 32.0. The van der Waals surface area contributed by atoms with E-state index in [1.54, 1.807) is 72.8 Å². The van der Waals surface area contributed by atoms with Crippen molar-refractivity contribution in [3.63, 3.8) is 0 Å². The number of esters is 5. The average molecular weight is 717 g/mol. The third-order valence-corrected chi connectivity index (χ3v) is 7.64. The maximum atomic E-state index is 12.6. The van der Waals surface area contributed by atoms with Crippen LogP contribution in [0.25, 0.3) is 0 Å². The van der Waals surface area contributed by atoms with Crippen molar-refractivity contribution < 1.29 is 52.4 Å². The van der Waals surface area contributed by atoms with Crippen LogP contribution in [0, 0.1) is 0 Å². The van der Waals surface area contributed by atoms with Crippen molar-refractivity contribution in [2.45, 2.75) is 77.0 Å². The Hall–Kier alpha value is -5.45. The van der Waals surface area contributed by atoms with E-state index in [1.165, 1.54) is 0 Å². The summed E-state index contributed by atoms with van der Waals surface area (Å²) in [5.74, 6) is -0.596. The van der Waals surface area contributed by atoms with E-state index >= 15 is 0 Å². The number of carbonyl (C=O) groups is 5. The van der Waals surface area contributed by atoms with Crippen molar-refractivity contribution in [2.24, 2.45) is 0 Å². The summed E-state index contributed by atoms with van der Waals surface area (Å²) >= 11 is 0. The molecule has 11 nitrogen and oxygen atoms in total. The average Bonchev–Trinajstić information content (AvgIpc) is 3.16. The second kappa shape index (κ2) is 24.7. The lowest BCUT2D eigenvalue weighted by Gasteiger charge is -2.09. The molecule has 0 aromatic heterocycles. The van der Waals surface area contributed by atoms with Gasteiger partial charge in [0.2, 0.25) is 0 Å². The smallest absolute Gasteiger partial charge is 0.343 e. The Morgan fingerprint density at radius 3 is 1.38 bits per heavy atom. The molecule has 0 fully saturated rings. The second-order valence-electron chi connectivity index (χ2n) is 11.8. The van der Waals surface area contributed by atoms with Crippen molar-refractivity contribution in [2.75, 3.05) is 26.4 Å². The van der Waals surface area contributed by atoms with E-state index in [0.717, 1.165) is 44.6 Å². The molecule has 0 saturated heterocycles. The number of unbranched alkanes of at least 4 members (excludes halogenated alkanes) is 7. The largest absolute Gasteiger partial charge is 0.494 e. The molecule has 0 atom stereocenters. The SMILES string of the molecule is C=CC(=O)OCCCCCC(=O)OCCCCCC(=O)OCCCCCCOc1ccc(C(=O)Oc2ccc(OC(=O)c3ccccc3)cc2)cc1. The first-order valence-electron chi connectivity index (χ1n) is 17.8. The number of carbonyl (C=O) groups excluding carboxylic acids is 5. The van der Waals surface area contributed by atoms with Gasteiger partial charge in [-0.25, -0.2) is 14.4 Å². The van der Waals surface area contributed by atoms with Crippen LogP contribution in [0.15, 0.2) is 91.5 Å². The summed E-state index contributed by atoms with van der Waals surface area (Å²) in [4.78, 5) is 59.4. The molecule has 0 radical (unpaired) electrons. The molecule has 3 aromatic rings. The molecule has 278 valence electrons. The van der Waals surface area contributed by atoms with Crippen molar-refractivity contribution >= 4 is 29.8 Å². The van der Waals surface area contributed by atoms with Gasteiger partial charge in [0.15, 0.2) is 0 Å². The van der Waals surface area contributed by atoms with E-state index in [0.29, 0.717) is 93.3 Å². The fraction of sp³-hybridized carbons (Fsp3) is 0.390. The zero-order valence-corrected chi connectivity index (χ0v) is 29.6. The molecule has 3 aromatic carbocycles. The zero-order chi connectivity index (χ0) is 37.2. The third-order valence-electron chi connectivity index (χ3n) is 7.64. The van der Waals surface area contributed by atoms with Gasteiger partial charge in [-0.1, -0.05) is 24.8 Å². The summed E-state index contributed by atoms with van der Waals surface area (Å²) in [5, 5.41) is 0. The maximum absolute atomic E-state index is 12.6. The van der Waals surface area contributed by atoms with Crippen LogP contribution in [0.1, 0.15) is 97.8 Å². The van der Waals surface area contributed by atoms with Gasteiger partial charge >= 0.3 is 29.8 Å². The predicted octanol–water partition coefficient (Wildman–Crippen LogP) is 8.00. The normalized spacial score (nSPS) is 10.5. The van der Waals surface area contributed by atoms with Gasteiger partial charge in [0.25, 0.3) is 0 Å². The lowest BCUT2D eigenvalue weighted by atomic mass is 10.2. The topological polar surface area (TPSA) is 141 Å². The Balaban J connectivity index is 1.14. The van der Waals surface area contributed by atoms with E-state index in [2.05, 4.69) is 6.58 Å². The molecule has 52 heavy (non-hydrogen) atoms. The van der Waals surface area contributed by atoms with Crippen molar-refractivity contribution in [1.82, 2.24) is 0 Å². The highest BCUT2D eigenvalue weighted by atomic mass is 16.5. The zero-order valence-electron chi connectivity index (χ0n) is 29.6. The van der Waals surface area contributed by atoms with Crippen LogP contribution in [-0.4, -0.2) is 56.3 Å². The first kappa shape index (κ1) is 41.0. The van der Waals surface area contributed by atoms with Crippen molar-refractivity contribution in [3.8, 4) is 17.2 Å². The summed E-state index contributed by atoms with van der Waals surface area (Å²) in [6, 6.07) is 21.6. The van der Waals surface area contributed by atoms with E-state index in [4.69, 9.17) is 28.4 Å². The minimum absolute atomic E-state index is 0.217. The predicted molar refractivity (Wildman–Crippen MR) is 193 cm³/mol. The third kappa shape index (κ3) is 17.5. The summed E-state index contributed by atoms with van der Waals surface area (Å²) in [6.07, 6.45) is 9.55. The fourth-order valence-electron chi connectivity index (χ4n) is 4.76. The van der Waals surface area contributed by atoms with Gasteiger partial charge in [-0.2, -0.15) is 0 Å². The van der Waals surface area contributed by atoms with Crippen LogP contribution in [-0.2, 0) is 28.6 Å². The Bertz CT molecular complexity index is 1530. The standard InChI is InChI=1S/C41H48O11/c1-2-37(42)48-29-14-6-10-18-39(44)50-31-15-7-11-19-38(43)49-30-13-4-3-12-28-47-34-22-20-33(21-23-34)41(46)52-36-26-24-35(25-27-36)51-40(45)32-16-8-5-9-17-32/h2,5,8-9,16-17,20-27H,1,3-4,6-7,10-15,18-19,28-31H2. The van der Waals surface area contributed by atoms with E-state index in [-0.39, 0.29) is 11.9 Å². The van der Waals surface area contributed by atoms with Gasteiger partial charge in [-0.15, -0.1) is 0 Å². The molecule has 0 bridgehead atoms. The Morgan fingerprint density at radius 1 is 0.462 bits per heavy atom. The van der Waals surface area contributed by atoms with Gasteiger partial charge in [-0.05, 0) is 125 Å². The van der Waals surface area contributed by atoms with Crippen LogP contribution in [0.3, 0.4) is 0 Å². The highest BCUT2D eigenvalue weighted by Crippen LogP contribution is 2.21. The van der Waals surface area contributed by atoms with E-state index < -0.39 is 17.9 Å². The van der Waals surface area contributed by atoms with E-state index in [1.807, 2.05) is 6.07 Å². The monoisotopic (exact) mass is 716 g/mol. The van der Waals surface area contributed by atoms with Gasteiger partial charge < -0.3 is 28.4 Å². The maximum Gasteiger partial charge on any atom is 0.343 e. The minimum atomic E-state index is -0.522. The molecule has 0 amide bonds. The molecule has 11 heteroatoms. The molecular formula is C41H48O11. The molecule has 0 aliphatic heterocycles. The summed E-state index contributed by atoms with van der Waals surface area (Å²) in [6.45, 7) is 4.89. The number of hydrogen-bond acceptors (Lipinski definition) is 11. The number of rotatable bonds is 25. The molecule has 3 rings (SSSR count). The first-order valence-corrected chi connectivity index (χ1v) is 17.8. The quantitative estimate of drug-likeness (QED) is 0.0277. The number of hydrogen-bond donors (Lipinski definition) is 0. The molecule has 0 aliphatic carbocycles. The lowest BCUT2D eigenvalue weighted by Crippen LogP contribution is -2.09. The summed E-state index contributed by atoms with van der Waals surface area (Å²) in [7, 11) is 0. The molecular weight excluding hydrogens is 668 g/mol. The van der Waals surface area contributed by atoms with Gasteiger partial charge in [-0.3, -0.25) is 9.59 Å². The fourth-order valence-corrected chi connectivity index (χ4v) is 4.76. The molecule has 0 heterocycles. The van der Waals surface area contributed by atoms with Crippen LogP contribution < -0.4 is 14.2 Å². The molecule has 0 N–H and O–H groups in total. The lowest BCUT2D eigenvalue weighted by molar-refractivity contribution is -0.145. The van der Waals surface area contributed by atoms with Gasteiger partial charge in [0.1, 0.15) is 17.2 Å². The molecule has 0 aliphatic rings. The minimum Gasteiger partial charge on any atom is -0.494 e. The van der Waals surface area contributed by atoms with Gasteiger partial charge in [0, 0.05) is 18.9 Å². The number of benzene rings is 3. The Labute approximate surface area is 305 Å². The van der Waals surface area contributed by atoms with Crippen LogP contribution >= 0.6 is 0 Å². The highest BCUT2D eigenvalue weighted by molar-refractivity contribution is 5.92. The number of ether oxygens (including phenoxy) is 6.